The Hall–Kier alpha value is -3.10. The van der Waals surface area contributed by atoms with E-state index in [1.807, 2.05) is 33.8 Å². The first-order valence-corrected chi connectivity index (χ1v) is 12.1. The Kier molecular flexibility index (Phi) is 11.7. The monoisotopic (exact) mass is 491 g/mol. The number of esters is 1. The first-order chi connectivity index (χ1) is 16.3. The van der Waals surface area contributed by atoms with Gasteiger partial charge in [0, 0.05) is 12.6 Å². The molecular formula is C26H41N3O6. The van der Waals surface area contributed by atoms with Gasteiger partial charge in [0.1, 0.15) is 17.7 Å². The third-order valence-corrected chi connectivity index (χ3v) is 4.99. The molecule has 0 heterocycles. The summed E-state index contributed by atoms with van der Waals surface area (Å²) in [4.78, 5) is 52.8. The van der Waals surface area contributed by atoms with Gasteiger partial charge in [-0.2, -0.15) is 0 Å². The van der Waals surface area contributed by atoms with Gasteiger partial charge >= 0.3 is 12.1 Å². The normalized spacial score (nSPS) is 13.1. The summed E-state index contributed by atoms with van der Waals surface area (Å²) in [5, 5.41) is 5.44. The predicted octanol–water partition coefficient (Wildman–Crippen LogP) is 3.58. The minimum absolute atomic E-state index is 0.0194. The summed E-state index contributed by atoms with van der Waals surface area (Å²) < 4.78 is 10.3. The molecule has 1 rings (SSSR count). The lowest BCUT2D eigenvalue weighted by atomic mass is 9.97. The molecule has 0 aliphatic heterocycles. The van der Waals surface area contributed by atoms with Crippen molar-refractivity contribution in [2.24, 2.45) is 5.92 Å². The quantitative estimate of drug-likeness (QED) is 0.457. The van der Waals surface area contributed by atoms with Crippen molar-refractivity contribution < 1.29 is 28.7 Å². The number of hydrogen-bond donors (Lipinski definition) is 2. The van der Waals surface area contributed by atoms with Crippen LogP contribution in [0.2, 0.25) is 0 Å². The van der Waals surface area contributed by atoms with E-state index in [-0.39, 0.29) is 31.5 Å². The van der Waals surface area contributed by atoms with Gasteiger partial charge in [-0.05, 0) is 53.0 Å². The van der Waals surface area contributed by atoms with Gasteiger partial charge in [-0.3, -0.25) is 14.4 Å². The van der Waals surface area contributed by atoms with Crippen molar-refractivity contribution in [1.29, 1.82) is 0 Å². The van der Waals surface area contributed by atoms with Gasteiger partial charge in [-0.25, -0.2) is 4.79 Å². The molecule has 9 heteroatoms. The summed E-state index contributed by atoms with van der Waals surface area (Å²) in [6.45, 7) is 14.5. The van der Waals surface area contributed by atoms with Crippen molar-refractivity contribution >= 4 is 23.9 Å². The highest BCUT2D eigenvalue weighted by atomic mass is 16.6. The maximum Gasteiger partial charge on any atom is 0.408 e. The second-order valence-corrected chi connectivity index (χ2v) is 9.87. The molecule has 196 valence electrons. The Labute approximate surface area is 208 Å². The van der Waals surface area contributed by atoms with Crippen LogP contribution in [0.15, 0.2) is 30.3 Å². The number of ether oxygens (including phenoxy) is 2. The fourth-order valence-electron chi connectivity index (χ4n) is 3.48. The molecule has 0 aliphatic carbocycles. The molecule has 2 atom stereocenters. The topological polar surface area (TPSA) is 114 Å². The van der Waals surface area contributed by atoms with Gasteiger partial charge in [0.15, 0.2) is 0 Å². The van der Waals surface area contributed by atoms with Crippen LogP contribution in [0.5, 0.6) is 0 Å². The summed E-state index contributed by atoms with van der Waals surface area (Å²) in [5.74, 6) is -1.51. The highest BCUT2D eigenvalue weighted by Gasteiger charge is 2.38. The van der Waals surface area contributed by atoms with Crippen LogP contribution >= 0.6 is 0 Å². The number of benzene rings is 1. The molecule has 0 saturated heterocycles. The van der Waals surface area contributed by atoms with Crippen molar-refractivity contribution in [2.75, 3.05) is 13.2 Å². The van der Waals surface area contributed by atoms with Crippen LogP contribution in [-0.4, -0.2) is 59.6 Å². The van der Waals surface area contributed by atoms with Crippen LogP contribution in [0.3, 0.4) is 0 Å². The molecule has 1 aromatic carbocycles. The Morgan fingerprint density at radius 1 is 1.00 bits per heavy atom. The molecule has 2 N–H and O–H groups in total. The van der Waals surface area contributed by atoms with Crippen LogP contribution < -0.4 is 10.6 Å². The highest BCUT2D eigenvalue weighted by molar-refractivity contribution is 5.92. The molecule has 0 aromatic heterocycles. The molecule has 0 bridgehead atoms. The third-order valence-electron chi connectivity index (χ3n) is 4.99. The largest absolute Gasteiger partial charge is 0.466 e. The Morgan fingerprint density at radius 3 is 2.09 bits per heavy atom. The van der Waals surface area contributed by atoms with Gasteiger partial charge in [0.25, 0.3) is 0 Å². The molecule has 35 heavy (non-hydrogen) atoms. The van der Waals surface area contributed by atoms with Gasteiger partial charge in [0.05, 0.1) is 13.0 Å². The summed E-state index contributed by atoms with van der Waals surface area (Å²) in [6.07, 6.45) is -0.686. The third kappa shape index (κ3) is 9.96. The van der Waals surface area contributed by atoms with E-state index in [1.54, 1.807) is 52.0 Å². The van der Waals surface area contributed by atoms with Crippen LogP contribution in [0.1, 0.15) is 73.4 Å². The van der Waals surface area contributed by atoms with E-state index in [1.165, 1.54) is 4.90 Å². The smallest absolute Gasteiger partial charge is 0.408 e. The lowest BCUT2D eigenvalue weighted by Crippen LogP contribution is -2.56. The van der Waals surface area contributed by atoms with Crippen molar-refractivity contribution in [3.05, 3.63) is 35.9 Å². The fourth-order valence-corrected chi connectivity index (χ4v) is 3.48. The predicted molar refractivity (Wildman–Crippen MR) is 133 cm³/mol. The van der Waals surface area contributed by atoms with E-state index in [2.05, 4.69) is 10.6 Å². The van der Waals surface area contributed by atoms with E-state index in [0.717, 1.165) is 0 Å². The molecule has 9 nitrogen and oxygen atoms in total. The van der Waals surface area contributed by atoms with Crippen LogP contribution in [-0.2, 0) is 23.9 Å². The van der Waals surface area contributed by atoms with Crippen molar-refractivity contribution in [1.82, 2.24) is 15.5 Å². The van der Waals surface area contributed by atoms with Crippen molar-refractivity contribution in [2.45, 2.75) is 85.5 Å². The number of carbonyl (C=O) groups is 4. The molecule has 1 aromatic rings. The number of nitrogens with zero attached hydrogens (tertiary/aromatic N) is 1. The van der Waals surface area contributed by atoms with Gasteiger partial charge in [-0.15, -0.1) is 0 Å². The highest BCUT2D eigenvalue weighted by Crippen LogP contribution is 2.26. The van der Waals surface area contributed by atoms with Crippen LogP contribution in [0.25, 0.3) is 0 Å². The Morgan fingerprint density at radius 2 is 1.60 bits per heavy atom. The van der Waals surface area contributed by atoms with E-state index in [9.17, 15) is 19.2 Å². The zero-order valence-electron chi connectivity index (χ0n) is 22.2. The first kappa shape index (κ1) is 29.9. The lowest BCUT2D eigenvalue weighted by Gasteiger charge is -2.38. The molecule has 2 unspecified atom stereocenters. The van der Waals surface area contributed by atoms with E-state index in [0.29, 0.717) is 5.56 Å². The van der Waals surface area contributed by atoms with Crippen LogP contribution in [0, 0.1) is 5.92 Å². The minimum atomic E-state index is -0.965. The number of carbonyl (C=O) groups excluding carboxylic acids is 4. The average molecular weight is 492 g/mol. The molecular weight excluding hydrogens is 450 g/mol. The minimum Gasteiger partial charge on any atom is -0.466 e. The number of rotatable bonds is 11. The van der Waals surface area contributed by atoms with Gasteiger partial charge < -0.3 is 25.0 Å². The van der Waals surface area contributed by atoms with Crippen molar-refractivity contribution in [3.8, 4) is 0 Å². The van der Waals surface area contributed by atoms with Gasteiger partial charge in [-0.1, -0.05) is 44.2 Å². The Balaban J connectivity index is 3.26. The maximum absolute atomic E-state index is 13.8. The van der Waals surface area contributed by atoms with Gasteiger partial charge in [0.2, 0.25) is 11.8 Å². The average Bonchev–Trinajstić information content (AvgIpc) is 2.74. The lowest BCUT2D eigenvalue weighted by molar-refractivity contribution is -0.146. The molecule has 0 saturated carbocycles. The number of nitrogens with one attached hydrogen (secondary N) is 2. The SMILES string of the molecule is CCOC(=O)CCNC(=O)C(c1ccccc1)N(C(=O)C(NC(=O)OC(C)(C)C)C(C)C)C(C)C. The molecule has 0 fully saturated rings. The number of hydrogen-bond acceptors (Lipinski definition) is 6. The fraction of sp³-hybridized carbons (Fsp3) is 0.615. The van der Waals surface area contributed by atoms with Crippen LogP contribution in [0.4, 0.5) is 4.79 Å². The first-order valence-electron chi connectivity index (χ1n) is 12.1. The molecule has 0 aliphatic rings. The number of amides is 3. The summed E-state index contributed by atoms with van der Waals surface area (Å²) >= 11 is 0. The van der Waals surface area contributed by atoms with Crippen molar-refractivity contribution in [3.63, 3.8) is 0 Å². The molecule has 0 spiro atoms. The van der Waals surface area contributed by atoms with E-state index >= 15 is 0 Å². The summed E-state index contributed by atoms with van der Waals surface area (Å²) in [5.41, 5.74) is -0.111. The van der Waals surface area contributed by atoms with E-state index in [4.69, 9.17) is 9.47 Å². The maximum atomic E-state index is 13.8. The molecule has 0 radical (unpaired) electrons. The zero-order chi connectivity index (χ0) is 26.8. The standard InChI is InChI=1S/C26H41N3O6/c1-9-34-20(30)15-16-27-23(31)22(19-13-11-10-12-14-19)29(18(4)5)24(32)21(17(2)3)28-25(33)35-26(6,7)8/h10-14,17-18,21-22H,9,15-16H2,1-8H3,(H,27,31)(H,28,33). The number of alkyl carbamates (subject to hydrolysis) is 1. The Bertz CT molecular complexity index is 848. The summed E-state index contributed by atoms with van der Waals surface area (Å²) in [6, 6.07) is 6.69. The second kappa shape index (κ2) is 13.7. The second-order valence-electron chi connectivity index (χ2n) is 9.87. The molecule has 3 amide bonds. The zero-order valence-corrected chi connectivity index (χ0v) is 22.2. The van der Waals surface area contributed by atoms with E-state index < -0.39 is 41.6 Å². The summed E-state index contributed by atoms with van der Waals surface area (Å²) in [7, 11) is 0.